The molecular formula is C7H10N2O2. The maximum absolute atomic E-state index is 10.9. The van der Waals surface area contributed by atoms with Crippen LogP contribution in [0.4, 0.5) is 0 Å². The van der Waals surface area contributed by atoms with E-state index in [-0.39, 0.29) is 19.0 Å². The van der Waals surface area contributed by atoms with E-state index >= 15 is 0 Å². The monoisotopic (exact) mass is 154 g/mol. The first-order valence-electron chi connectivity index (χ1n) is 3.34. The molecule has 4 nitrogen and oxygen atoms in total. The van der Waals surface area contributed by atoms with Crippen LogP contribution in [0.1, 0.15) is 13.3 Å². The molecule has 11 heavy (non-hydrogen) atoms. The van der Waals surface area contributed by atoms with E-state index in [9.17, 15) is 9.59 Å². The van der Waals surface area contributed by atoms with Gasteiger partial charge in [0.05, 0.1) is 12.6 Å². The van der Waals surface area contributed by atoms with Gasteiger partial charge in [0.25, 0.3) is 0 Å². The van der Waals surface area contributed by atoms with Crippen LogP contribution in [0, 0.1) is 11.3 Å². The Hall–Kier alpha value is -1.37. The van der Waals surface area contributed by atoms with Gasteiger partial charge in [0.2, 0.25) is 5.91 Å². The molecule has 0 aliphatic heterocycles. The summed E-state index contributed by atoms with van der Waals surface area (Å²) in [6, 6.07) is 1.81. The zero-order valence-corrected chi connectivity index (χ0v) is 6.41. The summed E-state index contributed by atoms with van der Waals surface area (Å²) in [7, 11) is 0. The summed E-state index contributed by atoms with van der Waals surface area (Å²) in [5, 5.41) is 8.25. The average Bonchev–Trinajstić information content (AvgIpc) is 2.03. The van der Waals surface area contributed by atoms with Crippen molar-refractivity contribution in [3.63, 3.8) is 0 Å². The largest absolute Gasteiger partial charge is 0.322 e. The standard InChI is InChI=1S/C7H10N2O2/c1-2-7(11)9(4-3-8)5-6-10/h6H,2,4-5H2,1H3. The highest BCUT2D eigenvalue weighted by Gasteiger charge is 2.08. The van der Waals surface area contributed by atoms with Gasteiger partial charge in [-0.1, -0.05) is 6.92 Å². The molecule has 0 saturated heterocycles. The number of amides is 1. The highest BCUT2D eigenvalue weighted by Crippen LogP contribution is 1.90. The van der Waals surface area contributed by atoms with Gasteiger partial charge in [-0.25, -0.2) is 0 Å². The molecular weight excluding hydrogens is 144 g/mol. The minimum Gasteiger partial charge on any atom is -0.322 e. The van der Waals surface area contributed by atoms with Crippen LogP contribution in [-0.4, -0.2) is 30.2 Å². The maximum Gasteiger partial charge on any atom is 0.223 e. The number of hydrogen-bond donors (Lipinski definition) is 0. The molecule has 0 aliphatic rings. The number of aldehydes is 1. The topological polar surface area (TPSA) is 61.2 Å². The lowest BCUT2D eigenvalue weighted by Crippen LogP contribution is -2.32. The fraction of sp³-hybridized carbons (Fsp3) is 0.571. The van der Waals surface area contributed by atoms with Gasteiger partial charge in [0, 0.05) is 6.42 Å². The molecule has 0 aromatic rings. The Balaban J connectivity index is 3.99. The van der Waals surface area contributed by atoms with E-state index in [1.807, 2.05) is 6.07 Å². The first kappa shape index (κ1) is 9.63. The molecule has 0 spiro atoms. The maximum atomic E-state index is 10.9. The summed E-state index contributed by atoms with van der Waals surface area (Å²) in [6.07, 6.45) is 0.945. The van der Waals surface area contributed by atoms with Crippen molar-refractivity contribution in [2.24, 2.45) is 0 Å². The fourth-order valence-electron chi connectivity index (χ4n) is 0.653. The number of hydrogen-bond acceptors (Lipinski definition) is 3. The van der Waals surface area contributed by atoms with Crippen molar-refractivity contribution in [3.05, 3.63) is 0 Å². The molecule has 0 unspecified atom stereocenters. The van der Waals surface area contributed by atoms with E-state index in [1.165, 1.54) is 4.90 Å². The minimum absolute atomic E-state index is 0.00852. The van der Waals surface area contributed by atoms with Crippen LogP contribution in [0.3, 0.4) is 0 Å². The van der Waals surface area contributed by atoms with Crippen molar-refractivity contribution in [1.82, 2.24) is 4.90 Å². The minimum atomic E-state index is -0.168. The van der Waals surface area contributed by atoms with Crippen LogP contribution in [0.25, 0.3) is 0 Å². The molecule has 4 heteroatoms. The van der Waals surface area contributed by atoms with E-state index < -0.39 is 0 Å². The van der Waals surface area contributed by atoms with Crippen LogP contribution in [0.5, 0.6) is 0 Å². The van der Waals surface area contributed by atoms with Gasteiger partial charge in [-0.3, -0.25) is 4.79 Å². The summed E-state index contributed by atoms with van der Waals surface area (Å²) >= 11 is 0. The first-order chi connectivity index (χ1) is 5.26. The molecule has 0 N–H and O–H groups in total. The van der Waals surface area contributed by atoms with Gasteiger partial charge < -0.3 is 9.69 Å². The summed E-state index contributed by atoms with van der Waals surface area (Å²) in [5.41, 5.74) is 0. The molecule has 0 aromatic carbocycles. The molecule has 0 fully saturated rings. The van der Waals surface area contributed by atoms with Gasteiger partial charge in [0.15, 0.2) is 0 Å². The van der Waals surface area contributed by atoms with Crippen molar-refractivity contribution in [3.8, 4) is 6.07 Å². The lowest BCUT2D eigenvalue weighted by Gasteiger charge is -2.14. The zero-order chi connectivity index (χ0) is 8.69. The van der Waals surface area contributed by atoms with Gasteiger partial charge in [-0.15, -0.1) is 0 Å². The van der Waals surface area contributed by atoms with Gasteiger partial charge in [-0.2, -0.15) is 5.26 Å². The molecule has 0 aromatic heterocycles. The zero-order valence-electron chi connectivity index (χ0n) is 6.41. The normalized spacial score (nSPS) is 8.36. The number of rotatable bonds is 4. The molecule has 0 radical (unpaired) electrons. The quantitative estimate of drug-likeness (QED) is 0.421. The van der Waals surface area contributed by atoms with Crippen molar-refractivity contribution >= 4 is 12.2 Å². The molecule has 0 atom stereocenters. The molecule has 0 bridgehead atoms. The number of carbonyl (C=O) groups excluding carboxylic acids is 2. The van der Waals surface area contributed by atoms with Gasteiger partial charge in [-0.05, 0) is 0 Å². The van der Waals surface area contributed by atoms with Crippen LogP contribution < -0.4 is 0 Å². The Morgan fingerprint density at radius 1 is 1.73 bits per heavy atom. The molecule has 1 amide bonds. The molecule has 0 aliphatic carbocycles. The van der Waals surface area contributed by atoms with E-state index in [2.05, 4.69) is 0 Å². The van der Waals surface area contributed by atoms with E-state index in [0.29, 0.717) is 12.7 Å². The number of carbonyl (C=O) groups is 2. The third kappa shape index (κ3) is 3.36. The molecule has 0 heterocycles. The second-order valence-electron chi connectivity index (χ2n) is 1.95. The number of nitrogens with zero attached hydrogens (tertiary/aromatic N) is 2. The highest BCUT2D eigenvalue weighted by atomic mass is 16.2. The summed E-state index contributed by atoms with van der Waals surface area (Å²) in [5.74, 6) is -0.168. The van der Waals surface area contributed by atoms with Crippen molar-refractivity contribution in [2.75, 3.05) is 13.1 Å². The Morgan fingerprint density at radius 2 is 2.36 bits per heavy atom. The van der Waals surface area contributed by atoms with Gasteiger partial charge in [0.1, 0.15) is 12.8 Å². The molecule has 0 rings (SSSR count). The van der Waals surface area contributed by atoms with E-state index in [1.54, 1.807) is 6.92 Å². The van der Waals surface area contributed by atoms with E-state index in [0.717, 1.165) is 0 Å². The van der Waals surface area contributed by atoms with Crippen LogP contribution in [0.15, 0.2) is 0 Å². The highest BCUT2D eigenvalue weighted by molar-refractivity contribution is 5.78. The smallest absolute Gasteiger partial charge is 0.223 e. The summed E-state index contributed by atoms with van der Waals surface area (Å²) < 4.78 is 0. The Labute approximate surface area is 65.4 Å². The van der Waals surface area contributed by atoms with E-state index in [4.69, 9.17) is 5.26 Å². The van der Waals surface area contributed by atoms with Crippen LogP contribution in [0.2, 0.25) is 0 Å². The summed E-state index contributed by atoms with van der Waals surface area (Å²) in [6.45, 7) is 1.70. The lowest BCUT2D eigenvalue weighted by molar-refractivity contribution is -0.132. The lowest BCUT2D eigenvalue weighted by atomic mass is 10.4. The van der Waals surface area contributed by atoms with Gasteiger partial charge >= 0.3 is 0 Å². The molecule has 0 saturated carbocycles. The Kier molecular flexibility index (Phi) is 4.74. The third-order valence-corrected chi connectivity index (χ3v) is 1.21. The average molecular weight is 154 g/mol. The Morgan fingerprint density at radius 3 is 2.73 bits per heavy atom. The van der Waals surface area contributed by atoms with Crippen LogP contribution >= 0.6 is 0 Å². The Bertz CT molecular complexity index is 183. The van der Waals surface area contributed by atoms with Crippen molar-refractivity contribution < 1.29 is 9.59 Å². The second kappa shape index (κ2) is 5.42. The third-order valence-electron chi connectivity index (χ3n) is 1.21. The predicted octanol–water partition coefficient (Wildman–Crippen LogP) is -0.0525. The predicted molar refractivity (Wildman–Crippen MR) is 38.5 cm³/mol. The number of nitriles is 1. The molecule has 60 valence electrons. The second-order valence-corrected chi connectivity index (χ2v) is 1.95. The van der Waals surface area contributed by atoms with Crippen LogP contribution in [-0.2, 0) is 9.59 Å². The first-order valence-corrected chi connectivity index (χ1v) is 3.34. The van der Waals surface area contributed by atoms with Crippen molar-refractivity contribution in [1.29, 1.82) is 5.26 Å². The summed E-state index contributed by atoms with van der Waals surface area (Å²) in [4.78, 5) is 22.1. The SMILES string of the molecule is CCC(=O)N(CC#N)CC=O. The fourth-order valence-corrected chi connectivity index (χ4v) is 0.653. The van der Waals surface area contributed by atoms with Crippen molar-refractivity contribution in [2.45, 2.75) is 13.3 Å².